The molecule has 1 aromatic carbocycles. The molecular weight excluding hydrogens is 502 g/mol. The van der Waals surface area contributed by atoms with Gasteiger partial charge in [-0.05, 0) is 68.5 Å². The van der Waals surface area contributed by atoms with Crippen molar-refractivity contribution in [3.63, 3.8) is 0 Å². The molecule has 6 rings (SSSR count). The van der Waals surface area contributed by atoms with Crippen LogP contribution in [0.1, 0.15) is 59.1 Å². The zero-order chi connectivity index (χ0) is 26.4. The fourth-order valence-corrected chi connectivity index (χ4v) is 5.05. The highest BCUT2D eigenvalue weighted by atomic mass is 19.4. The zero-order valence-electron chi connectivity index (χ0n) is 20.3. The molecule has 38 heavy (non-hydrogen) atoms. The number of aromatic nitrogens is 5. The second-order valence-corrected chi connectivity index (χ2v) is 9.92. The summed E-state index contributed by atoms with van der Waals surface area (Å²) < 4.78 is 56.6. The Labute approximate surface area is 215 Å². The van der Waals surface area contributed by atoms with E-state index in [1.807, 2.05) is 6.07 Å². The second kappa shape index (κ2) is 9.50. The van der Waals surface area contributed by atoms with E-state index >= 15 is 4.39 Å². The first-order valence-corrected chi connectivity index (χ1v) is 12.5. The first-order valence-electron chi connectivity index (χ1n) is 12.5. The number of hydrogen-bond acceptors (Lipinski definition) is 5. The van der Waals surface area contributed by atoms with Crippen molar-refractivity contribution in [2.75, 3.05) is 25.0 Å². The van der Waals surface area contributed by atoms with Crippen LogP contribution in [0.25, 0.3) is 11.3 Å². The zero-order valence-corrected chi connectivity index (χ0v) is 20.3. The lowest BCUT2D eigenvalue weighted by molar-refractivity contribution is -0.147. The van der Waals surface area contributed by atoms with Crippen molar-refractivity contribution in [3.05, 3.63) is 71.6 Å². The Kier molecular flexibility index (Phi) is 6.13. The third kappa shape index (κ3) is 5.00. The molecule has 2 fully saturated rings. The lowest BCUT2D eigenvalue weighted by atomic mass is 9.93. The molecule has 1 saturated carbocycles. The predicted octanol–water partition coefficient (Wildman–Crippen LogP) is 4.93. The van der Waals surface area contributed by atoms with Gasteiger partial charge in [0.25, 0.3) is 5.91 Å². The molecular formula is C26H25F4N7O. The number of benzene rings is 1. The van der Waals surface area contributed by atoms with E-state index in [-0.39, 0.29) is 36.1 Å². The van der Waals surface area contributed by atoms with Crippen molar-refractivity contribution in [1.29, 1.82) is 0 Å². The lowest BCUT2D eigenvalue weighted by Crippen LogP contribution is -2.39. The summed E-state index contributed by atoms with van der Waals surface area (Å²) in [7, 11) is 0. The van der Waals surface area contributed by atoms with Crippen molar-refractivity contribution in [1.82, 2.24) is 29.3 Å². The molecule has 3 aromatic heterocycles. The van der Waals surface area contributed by atoms with Crippen LogP contribution < -0.4 is 5.32 Å². The molecule has 1 aliphatic carbocycles. The van der Waals surface area contributed by atoms with Crippen molar-refractivity contribution in [2.45, 2.75) is 43.7 Å². The smallest absolute Gasteiger partial charge is 0.306 e. The monoisotopic (exact) mass is 527 g/mol. The van der Waals surface area contributed by atoms with E-state index in [2.05, 4.69) is 20.5 Å². The number of rotatable bonds is 6. The number of nitrogens with one attached hydrogen (secondary N) is 1. The van der Waals surface area contributed by atoms with E-state index in [0.717, 1.165) is 18.4 Å². The summed E-state index contributed by atoms with van der Waals surface area (Å²) in [5.74, 6) is -0.436. The number of carbonyl (C=O) groups is 1. The van der Waals surface area contributed by atoms with Gasteiger partial charge < -0.3 is 5.32 Å². The van der Waals surface area contributed by atoms with Gasteiger partial charge >= 0.3 is 6.18 Å². The Hall–Kier alpha value is -3.80. The standard InChI is InChI=1S/C26H25F4N7O/c27-20-12-18(16-2-3-16)4-5-22(20)37-23(33-25(38)19-14-32-36-9-1-8-31-24(19)36)13-21(34-37)17-6-10-35(11-7-17)15-26(28,29)30/h1,4-5,8-9,12-14,16-17H,2-3,6-7,10-11,15H2,(H,33,38). The van der Waals surface area contributed by atoms with Gasteiger partial charge in [-0.2, -0.15) is 23.4 Å². The molecule has 1 N–H and O–H groups in total. The fraction of sp³-hybridized carbons (Fsp3) is 0.385. The van der Waals surface area contributed by atoms with Crippen molar-refractivity contribution < 1.29 is 22.4 Å². The van der Waals surface area contributed by atoms with Crippen LogP contribution in [-0.4, -0.2) is 61.0 Å². The largest absolute Gasteiger partial charge is 0.401 e. The van der Waals surface area contributed by atoms with Gasteiger partial charge in [0.2, 0.25) is 0 Å². The average molecular weight is 528 g/mol. The van der Waals surface area contributed by atoms with Crippen LogP contribution in [0.2, 0.25) is 0 Å². The van der Waals surface area contributed by atoms with Crippen LogP contribution in [0.5, 0.6) is 0 Å². The number of alkyl halides is 3. The second-order valence-electron chi connectivity index (χ2n) is 9.92. The summed E-state index contributed by atoms with van der Waals surface area (Å²) in [6, 6.07) is 8.39. The van der Waals surface area contributed by atoms with Gasteiger partial charge in [-0.25, -0.2) is 18.6 Å². The highest BCUT2D eigenvalue weighted by Gasteiger charge is 2.34. The topological polar surface area (TPSA) is 80.4 Å². The number of likely N-dealkylation sites (tertiary alicyclic amines) is 1. The number of nitrogens with zero attached hydrogens (tertiary/aromatic N) is 6. The molecule has 2 aliphatic rings. The molecule has 4 heterocycles. The van der Waals surface area contributed by atoms with Gasteiger partial charge in [-0.3, -0.25) is 9.69 Å². The maximum Gasteiger partial charge on any atom is 0.401 e. The fourth-order valence-electron chi connectivity index (χ4n) is 5.05. The van der Waals surface area contributed by atoms with Gasteiger partial charge in [0.05, 0.1) is 18.4 Å². The van der Waals surface area contributed by atoms with Crippen LogP contribution in [0.4, 0.5) is 23.4 Å². The number of anilines is 1. The molecule has 0 spiro atoms. The van der Waals surface area contributed by atoms with Gasteiger partial charge in [-0.1, -0.05) is 6.07 Å². The minimum atomic E-state index is -4.25. The van der Waals surface area contributed by atoms with Crippen LogP contribution in [0.3, 0.4) is 0 Å². The first-order chi connectivity index (χ1) is 18.2. The molecule has 4 aromatic rings. The number of halogens is 4. The Balaban J connectivity index is 1.30. The summed E-state index contributed by atoms with van der Waals surface area (Å²) in [4.78, 5) is 18.8. The van der Waals surface area contributed by atoms with E-state index in [1.165, 1.54) is 26.4 Å². The van der Waals surface area contributed by atoms with Gasteiger partial charge in [0.15, 0.2) is 5.65 Å². The van der Waals surface area contributed by atoms with E-state index in [4.69, 9.17) is 0 Å². The molecule has 12 heteroatoms. The number of hydrogen-bond donors (Lipinski definition) is 1. The van der Waals surface area contributed by atoms with Crippen LogP contribution >= 0.6 is 0 Å². The molecule has 198 valence electrons. The van der Waals surface area contributed by atoms with E-state index < -0.39 is 24.4 Å². The summed E-state index contributed by atoms with van der Waals surface area (Å²) in [5, 5.41) is 11.6. The third-order valence-electron chi connectivity index (χ3n) is 7.15. The average Bonchev–Trinajstić information content (AvgIpc) is 3.52. The van der Waals surface area contributed by atoms with Gasteiger partial charge in [-0.15, -0.1) is 0 Å². The number of amides is 1. The number of fused-ring (bicyclic) bond motifs is 1. The maximum atomic E-state index is 15.3. The van der Waals surface area contributed by atoms with Crippen molar-refractivity contribution in [3.8, 4) is 5.69 Å². The molecule has 0 bridgehead atoms. The normalized spacial score (nSPS) is 17.3. The summed E-state index contributed by atoms with van der Waals surface area (Å²) in [6.07, 6.45) is 3.40. The predicted molar refractivity (Wildman–Crippen MR) is 131 cm³/mol. The Morgan fingerprint density at radius 3 is 2.58 bits per heavy atom. The van der Waals surface area contributed by atoms with E-state index in [9.17, 15) is 18.0 Å². The van der Waals surface area contributed by atoms with Crippen LogP contribution in [-0.2, 0) is 0 Å². The van der Waals surface area contributed by atoms with Crippen LogP contribution in [0, 0.1) is 5.82 Å². The molecule has 1 aliphatic heterocycles. The van der Waals surface area contributed by atoms with E-state index in [0.29, 0.717) is 30.1 Å². The van der Waals surface area contributed by atoms with Crippen molar-refractivity contribution >= 4 is 17.4 Å². The summed E-state index contributed by atoms with van der Waals surface area (Å²) >= 11 is 0. The minimum absolute atomic E-state index is 0.121. The number of piperidine rings is 1. The molecule has 0 atom stereocenters. The molecule has 0 unspecified atom stereocenters. The summed E-state index contributed by atoms with van der Waals surface area (Å²) in [5.41, 5.74) is 2.32. The quantitative estimate of drug-likeness (QED) is 0.360. The third-order valence-corrected chi connectivity index (χ3v) is 7.15. The SMILES string of the molecule is O=C(Nc1cc(C2CCN(CC(F)(F)F)CC2)nn1-c1ccc(C2CC2)cc1F)c1cnn2cccnc12. The number of carbonyl (C=O) groups excluding carboxylic acids is 1. The Morgan fingerprint density at radius 2 is 1.87 bits per heavy atom. The first kappa shape index (κ1) is 24.5. The molecule has 8 nitrogen and oxygen atoms in total. The summed E-state index contributed by atoms with van der Waals surface area (Å²) in [6.45, 7) is -0.393. The molecule has 1 saturated heterocycles. The van der Waals surface area contributed by atoms with Gasteiger partial charge in [0, 0.05) is 24.4 Å². The molecule has 1 amide bonds. The highest BCUT2D eigenvalue weighted by molar-refractivity contribution is 6.07. The van der Waals surface area contributed by atoms with Gasteiger partial charge in [0.1, 0.15) is 22.9 Å². The Morgan fingerprint density at radius 1 is 1.08 bits per heavy atom. The van der Waals surface area contributed by atoms with Crippen LogP contribution in [0.15, 0.2) is 48.9 Å². The Bertz CT molecular complexity index is 1480. The maximum absolute atomic E-state index is 15.3. The highest BCUT2D eigenvalue weighted by Crippen LogP contribution is 2.41. The van der Waals surface area contributed by atoms with E-state index in [1.54, 1.807) is 30.6 Å². The lowest BCUT2D eigenvalue weighted by Gasteiger charge is -2.31. The van der Waals surface area contributed by atoms with Crippen molar-refractivity contribution in [2.24, 2.45) is 0 Å². The minimum Gasteiger partial charge on any atom is -0.306 e. The molecule has 0 radical (unpaired) electrons.